The van der Waals surface area contributed by atoms with E-state index in [0.29, 0.717) is 10.5 Å². The molecule has 200 valence electrons. The minimum Gasteiger partial charge on any atom is -0.444 e. The van der Waals surface area contributed by atoms with Crippen molar-refractivity contribution in [1.29, 1.82) is 0 Å². The number of carbonyl (C=O) groups is 3. The SMILES string of the molecule is CC(NC(=O)OC(C)(C)C)C(=O)N(c1cccc(F)c1)C(C(=O)NC1CCCCC1)c1ccccc1S. The Morgan fingerprint density at radius 3 is 2.35 bits per heavy atom. The number of ether oxygens (including phenoxy) is 1. The number of hydrogen-bond donors (Lipinski definition) is 3. The monoisotopic (exact) mass is 529 g/mol. The van der Waals surface area contributed by atoms with Crippen LogP contribution in [0.1, 0.15) is 71.4 Å². The molecule has 2 aromatic carbocycles. The molecular formula is C28H36FN3O4S. The summed E-state index contributed by atoms with van der Waals surface area (Å²) in [7, 11) is 0. The fourth-order valence-electron chi connectivity index (χ4n) is 4.43. The summed E-state index contributed by atoms with van der Waals surface area (Å²) in [4.78, 5) is 41.9. The van der Waals surface area contributed by atoms with E-state index in [-0.39, 0.29) is 11.7 Å². The first-order valence-electron chi connectivity index (χ1n) is 12.6. The van der Waals surface area contributed by atoms with E-state index in [1.165, 1.54) is 30.0 Å². The molecule has 2 unspecified atom stereocenters. The number of halogens is 1. The van der Waals surface area contributed by atoms with Gasteiger partial charge in [-0.25, -0.2) is 9.18 Å². The van der Waals surface area contributed by atoms with Gasteiger partial charge in [0.25, 0.3) is 0 Å². The van der Waals surface area contributed by atoms with Crippen LogP contribution in [0.3, 0.4) is 0 Å². The summed E-state index contributed by atoms with van der Waals surface area (Å²) in [5.74, 6) is -1.55. The molecule has 37 heavy (non-hydrogen) atoms. The summed E-state index contributed by atoms with van der Waals surface area (Å²) in [5.41, 5.74) is -0.0906. The van der Waals surface area contributed by atoms with Crippen molar-refractivity contribution in [3.63, 3.8) is 0 Å². The summed E-state index contributed by atoms with van der Waals surface area (Å²) >= 11 is 4.57. The van der Waals surface area contributed by atoms with E-state index in [1.807, 2.05) is 0 Å². The van der Waals surface area contributed by atoms with Crippen LogP contribution in [-0.2, 0) is 14.3 Å². The molecule has 1 aliphatic carbocycles. The lowest BCUT2D eigenvalue weighted by Gasteiger charge is -2.35. The molecule has 0 bridgehead atoms. The lowest BCUT2D eigenvalue weighted by atomic mass is 9.94. The number of rotatable bonds is 7. The highest BCUT2D eigenvalue weighted by molar-refractivity contribution is 7.80. The van der Waals surface area contributed by atoms with Crippen LogP contribution < -0.4 is 15.5 Å². The van der Waals surface area contributed by atoms with Gasteiger partial charge < -0.3 is 15.4 Å². The van der Waals surface area contributed by atoms with Crippen LogP contribution in [0.5, 0.6) is 0 Å². The largest absolute Gasteiger partial charge is 0.444 e. The summed E-state index contributed by atoms with van der Waals surface area (Å²) in [6.07, 6.45) is 4.09. The smallest absolute Gasteiger partial charge is 0.408 e. The second-order valence-electron chi connectivity index (χ2n) is 10.4. The Labute approximate surface area is 223 Å². The highest BCUT2D eigenvalue weighted by Crippen LogP contribution is 2.33. The third kappa shape index (κ3) is 7.95. The fourth-order valence-corrected chi connectivity index (χ4v) is 4.71. The second-order valence-corrected chi connectivity index (χ2v) is 10.8. The van der Waals surface area contributed by atoms with Gasteiger partial charge in [-0.05, 0) is 70.4 Å². The Hall–Kier alpha value is -3.07. The number of hydrogen-bond acceptors (Lipinski definition) is 5. The zero-order chi connectivity index (χ0) is 27.2. The first-order valence-corrected chi connectivity index (χ1v) is 13.1. The highest BCUT2D eigenvalue weighted by Gasteiger charge is 2.37. The molecular weight excluding hydrogens is 493 g/mol. The van der Waals surface area contributed by atoms with Gasteiger partial charge in [0.15, 0.2) is 0 Å². The van der Waals surface area contributed by atoms with Crippen molar-refractivity contribution in [2.75, 3.05) is 4.90 Å². The van der Waals surface area contributed by atoms with Crippen LogP contribution in [0.15, 0.2) is 53.4 Å². The third-order valence-corrected chi connectivity index (χ3v) is 6.52. The molecule has 2 N–H and O–H groups in total. The Morgan fingerprint density at radius 2 is 1.73 bits per heavy atom. The molecule has 2 atom stereocenters. The van der Waals surface area contributed by atoms with Crippen LogP contribution in [0.25, 0.3) is 0 Å². The Morgan fingerprint density at radius 1 is 1.05 bits per heavy atom. The van der Waals surface area contributed by atoms with Gasteiger partial charge in [-0.1, -0.05) is 43.5 Å². The van der Waals surface area contributed by atoms with Crippen LogP contribution in [-0.4, -0.2) is 35.6 Å². The number of benzene rings is 2. The predicted octanol–water partition coefficient (Wildman–Crippen LogP) is 5.55. The normalized spacial score (nSPS) is 15.8. The number of nitrogens with zero attached hydrogens (tertiary/aromatic N) is 1. The molecule has 9 heteroatoms. The maximum absolute atomic E-state index is 14.4. The van der Waals surface area contributed by atoms with Gasteiger partial charge in [0.05, 0.1) is 0 Å². The number of alkyl carbamates (subject to hydrolysis) is 1. The van der Waals surface area contributed by atoms with Crippen molar-refractivity contribution >= 4 is 36.2 Å². The minimum atomic E-state index is -1.15. The summed E-state index contributed by atoms with van der Waals surface area (Å²) in [5, 5.41) is 5.65. The molecule has 3 amide bonds. The van der Waals surface area contributed by atoms with Gasteiger partial charge in [0, 0.05) is 16.6 Å². The van der Waals surface area contributed by atoms with Gasteiger partial charge in [-0.2, -0.15) is 0 Å². The molecule has 7 nitrogen and oxygen atoms in total. The van der Waals surface area contributed by atoms with E-state index in [1.54, 1.807) is 51.1 Å². The van der Waals surface area contributed by atoms with E-state index in [2.05, 4.69) is 23.3 Å². The van der Waals surface area contributed by atoms with Gasteiger partial charge in [-0.15, -0.1) is 12.6 Å². The zero-order valence-corrected chi connectivity index (χ0v) is 22.7. The average Bonchev–Trinajstić information content (AvgIpc) is 2.82. The zero-order valence-electron chi connectivity index (χ0n) is 21.8. The number of carbonyl (C=O) groups excluding carboxylic acids is 3. The van der Waals surface area contributed by atoms with Crippen molar-refractivity contribution < 1.29 is 23.5 Å². The number of anilines is 1. The van der Waals surface area contributed by atoms with Gasteiger partial charge in [0.1, 0.15) is 23.5 Å². The van der Waals surface area contributed by atoms with E-state index >= 15 is 0 Å². The first-order chi connectivity index (χ1) is 17.5. The van der Waals surface area contributed by atoms with Crippen molar-refractivity contribution in [3.05, 3.63) is 59.9 Å². The number of amides is 3. The summed E-state index contributed by atoms with van der Waals surface area (Å²) in [6.45, 7) is 6.65. The van der Waals surface area contributed by atoms with E-state index in [0.717, 1.165) is 32.1 Å². The van der Waals surface area contributed by atoms with Gasteiger partial charge >= 0.3 is 6.09 Å². The van der Waals surface area contributed by atoms with Crippen molar-refractivity contribution in [1.82, 2.24) is 10.6 Å². The molecule has 0 saturated heterocycles. The molecule has 0 radical (unpaired) electrons. The fraction of sp³-hybridized carbons (Fsp3) is 0.464. The molecule has 1 aliphatic rings. The van der Waals surface area contributed by atoms with Gasteiger partial charge in [0.2, 0.25) is 11.8 Å². The molecule has 0 aliphatic heterocycles. The second kappa shape index (κ2) is 12.4. The van der Waals surface area contributed by atoms with E-state index < -0.39 is 41.4 Å². The molecule has 0 aromatic heterocycles. The Bertz CT molecular complexity index is 1110. The van der Waals surface area contributed by atoms with E-state index in [4.69, 9.17) is 4.74 Å². The quantitative estimate of drug-likeness (QED) is 0.411. The topological polar surface area (TPSA) is 87.7 Å². The van der Waals surface area contributed by atoms with Crippen molar-refractivity contribution in [2.24, 2.45) is 0 Å². The predicted molar refractivity (Wildman–Crippen MR) is 144 cm³/mol. The molecule has 3 rings (SSSR count). The highest BCUT2D eigenvalue weighted by atomic mass is 32.1. The molecule has 1 fully saturated rings. The maximum Gasteiger partial charge on any atom is 0.408 e. The summed E-state index contributed by atoms with van der Waals surface area (Å²) in [6, 6.07) is 10.2. The van der Waals surface area contributed by atoms with Crippen LogP contribution in [0.2, 0.25) is 0 Å². The Kier molecular flexibility index (Phi) is 9.59. The van der Waals surface area contributed by atoms with Crippen molar-refractivity contribution in [2.45, 2.75) is 88.4 Å². The molecule has 2 aromatic rings. The standard InChI is InChI=1S/C28H36FN3O4S/c1-18(30-27(35)36-28(2,3)4)26(34)32(21-14-10-11-19(29)17-21)24(22-15-8-9-16-23(22)37)25(33)31-20-12-6-5-7-13-20/h8-11,14-18,20,24,37H,5-7,12-13H2,1-4H3,(H,30,35)(H,31,33). The molecule has 0 heterocycles. The van der Waals surface area contributed by atoms with Crippen LogP contribution in [0.4, 0.5) is 14.9 Å². The average molecular weight is 530 g/mol. The third-order valence-electron chi connectivity index (χ3n) is 6.12. The van der Waals surface area contributed by atoms with Gasteiger partial charge in [-0.3, -0.25) is 14.5 Å². The van der Waals surface area contributed by atoms with Crippen LogP contribution in [0, 0.1) is 5.82 Å². The molecule has 0 spiro atoms. The van der Waals surface area contributed by atoms with E-state index in [9.17, 15) is 18.8 Å². The first kappa shape index (κ1) is 28.5. The minimum absolute atomic E-state index is 0.0161. The molecule has 1 saturated carbocycles. The van der Waals surface area contributed by atoms with Crippen molar-refractivity contribution in [3.8, 4) is 0 Å². The number of thiol groups is 1. The summed E-state index contributed by atoms with van der Waals surface area (Å²) < 4.78 is 19.7. The Balaban J connectivity index is 2.04. The lowest BCUT2D eigenvalue weighted by Crippen LogP contribution is -2.53. The lowest BCUT2D eigenvalue weighted by molar-refractivity contribution is -0.128. The number of nitrogens with one attached hydrogen (secondary N) is 2. The van der Waals surface area contributed by atoms with Crippen LogP contribution >= 0.6 is 12.6 Å². The maximum atomic E-state index is 14.4.